The van der Waals surface area contributed by atoms with Gasteiger partial charge in [-0.3, -0.25) is 4.79 Å². The van der Waals surface area contributed by atoms with Crippen LogP contribution in [-0.4, -0.2) is 24.2 Å². The Bertz CT molecular complexity index is 377. The molecule has 0 spiro atoms. The average molecular weight is 222 g/mol. The van der Waals surface area contributed by atoms with E-state index >= 15 is 0 Å². The predicted octanol–water partition coefficient (Wildman–Crippen LogP) is 0.935. The van der Waals surface area contributed by atoms with Crippen LogP contribution in [-0.2, 0) is 0 Å². The van der Waals surface area contributed by atoms with E-state index in [1.807, 2.05) is 19.9 Å². The number of anilines is 1. The van der Waals surface area contributed by atoms with Gasteiger partial charge in [-0.2, -0.15) is 0 Å². The third-order valence-corrected chi connectivity index (χ3v) is 2.38. The van der Waals surface area contributed by atoms with Crippen LogP contribution in [0.4, 0.5) is 5.69 Å². The van der Waals surface area contributed by atoms with E-state index < -0.39 is 0 Å². The molecule has 1 amide bonds. The summed E-state index contributed by atoms with van der Waals surface area (Å²) in [4.78, 5) is 11.8. The van der Waals surface area contributed by atoms with Crippen LogP contribution < -0.4 is 11.1 Å². The van der Waals surface area contributed by atoms with Crippen LogP contribution in [0.25, 0.3) is 0 Å². The molecule has 4 heteroatoms. The van der Waals surface area contributed by atoms with Gasteiger partial charge in [0.2, 0.25) is 0 Å². The minimum absolute atomic E-state index is 0.0509. The Kier molecular flexibility index (Phi) is 4.31. The monoisotopic (exact) mass is 222 g/mol. The highest BCUT2D eigenvalue weighted by molar-refractivity contribution is 5.99. The van der Waals surface area contributed by atoms with E-state index in [4.69, 9.17) is 10.8 Å². The molecule has 0 heterocycles. The molecule has 1 aromatic rings. The zero-order valence-electron chi connectivity index (χ0n) is 9.66. The third-order valence-electron chi connectivity index (χ3n) is 2.38. The molecule has 0 aliphatic carbocycles. The first-order valence-electron chi connectivity index (χ1n) is 5.29. The van der Waals surface area contributed by atoms with Gasteiger partial charge < -0.3 is 16.2 Å². The second-order valence-corrected chi connectivity index (χ2v) is 4.09. The molecule has 1 unspecified atom stereocenters. The minimum atomic E-state index is -0.193. The summed E-state index contributed by atoms with van der Waals surface area (Å²) in [5.74, 6) is -0.142. The van der Waals surface area contributed by atoms with Gasteiger partial charge in [0.1, 0.15) is 0 Å². The third kappa shape index (κ3) is 3.24. The van der Waals surface area contributed by atoms with Gasteiger partial charge in [0, 0.05) is 18.8 Å². The van der Waals surface area contributed by atoms with Gasteiger partial charge in [-0.05, 0) is 25.0 Å². The smallest absolute Gasteiger partial charge is 0.253 e. The first-order valence-corrected chi connectivity index (χ1v) is 5.29. The number of aryl methyl sites for hydroxylation is 1. The summed E-state index contributed by atoms with van der Waals surface area (Å²) < 4.78 is 0. The molecule has 0 saturated heterocycles. The zero-order valence-corrected chi connectivity index (χ0v) is 9.66. The number of carbonyl (C=O) groups excluding carboxylic acids is 1. The Morgan fingerprint density at radius 1 is 1.56 bits per heavy atom. The minimum Gasteiger partial charge on any atom is -0.398 e. The summed E-state index contributed by atoms with van der Waals surface area (Å²) in [5.41, 5.74) is 7.68. The van der Waals surface area contributed by atoms with Crippen LogP contribution in [0.2, 0.25) is 0 Å². The molecule has 1 aromatic carbocycles. The maximum Gasteiger partial charge on any atom is 0.253 e. The number of carbonyl (C=O) groups is 1. The van der Waals surface area contributed by atoms with Crippen LogP contribution in [0.15, 0.2) is 18.2 Å². The summed E-state index contributed by atoms with van der Waals surface area (Å²) in [7, 11) is 0. The van der Waals surface area contributed by atoms with Crippen LogP contribution in [0.3, 0.4) is 0 Å². The molecule has 88 valence electrons. The van der Waals surface area contributed by atoms with Crippen molar-refractivity contribution in [3.63, 3.8) is 0 Å². The van der Waals surface area contributed by atoms with Crippen LogP contribution in [0.1, 0.15) is 22.8 Å². The molecule has 0 aromatic heterocycles. The number of nitrogens with two attached hydrogens (primary N) is 1. The van der Waals surface area contributed by atoms with E-state index in [9.17, 15) is 4.79 Å². The summed E-state index contributed by atoms with van der Waals surface area (Å²) in [5, 5.41) is 11.6. The predicted molar refractivity (Wildman–Crippen MR) is 64.2 cm³/mol. The van der Waals surface area contributed by atoms with Crippen molar-refractivity contribution < 1.29 is 9.90 Å². The lowest BCUT2D eigenvalue weighted by Crippen LogP contribution is -2.30. The van der Waals surface area contributed by atoms with Gasteiger partial charge in [0.25, 0.3) is 5.91 Å². The molecule has 0 aliphatic rings. The fourth-order valence-electron chi connectivity index (χ4n) is 1.29. The van der Waals surface area contributed by atoms with E-state index in [1.54, 1.807) is 12.1 Å². The first-order chi connectivity index (χ1) is 7.54. The van der Waals surface area contributed by atoms with Gasteiger partial charge >= 0.3 is 0 Å². The standard InChI is InChI=1S/C12H18N2O2/c1-8-3-4-11(13)10(5-8)12(16)14-6-9(2)7-15/h3-5,9,15H,6-7,13H2,1-2H3,(H,14,16). The second kappa shape index (κ2) is 5.51. The molecule has 4 N–H and O–H groups in total. The fraction of sp³-hybridized carbons (Fsp3) is 0.417. The van der Waals surface area contributed by atoms with Crippen molar-refractivity contribution in [2.45, 2.75) is 13.8 Å². The summed E-state index contributed by atoms with van der Waals surface area (Å²) in [6.45, 7) is 4.28. The van der Waals surface area contributed by atoms with Crippen molar-refractivity contribution in [2.75, 3.05) is 18.9 Å². The Morgan fingerprint density at radius 2 is 2.25 bits per heavy atom. The highest BCUT2D eigenvalue weighted by Gasteiger charge is 2.10. The summed E-state index contributed by atoms with van der Waals surface area (Å²) >= 11 is 0. The SMILES string of the molecule is Cc1ccc(N)c(C(=O)NCC(C)CO)c1. The lowest BCUT2D eigenvalue weighted by Gasteiger charge is -2.11. The molecule has 1 atom stereocenters. The highest BCUT2D eigenvalue weighted by Crippen LogP contribution is 2.13. The Morgan fingerprint density at radius 3 is 2.88 bits per heavy atom. The fourth-order valence-corrected chi connectivity index (χ4v) is 1.29. The number of hydrogen-bond acceptors (Lipinski definition) is 3. The average Bonchev–Trinajstić information content (AvgIpc) is 2.28. The number of nitrogens with one attached hydrogen (secondary N) is 1. The number of aliphatic hydroxyl groups excluding tert-OH is 1. The Hall–Kier alpha value is -1.55. The number of amides is 1. The highest BCUT2D eigenvalue weighted by atomic mass is 16.3. The molecule has 0 saturated carbocycles. The molecule has 0 radical (unpaired) electrons. The van der Waals surface area contributed by atoms with Gasteiger partial charge in [0.15, 0.2) is 0 Å². The van der Waals surface area contributed by atoms with Crippen molar-refractivity contribution >= 4 is 11.6 Å². The first kappa shape index (κ1) is 12.5. The summed E-state index contributed by atoms with van der Waals surface area (Å²) in [6.07, 6.45) is 0. The number of rotatable bonds is 4. The Labute approximate surface area is 95.5 Å². The molecule has 0 fully saturated rings. The van der Waals surface area contributed by atoms with Crippen molar-refractivity contribution in [3.05, 3.63) is 29.3 Å². The lowest BCUT2D eigenvalue weighted by molar-refractivity contribution is 0.0943. The van der Waals surface area contributed by atoms with Crippen LogP contribution in [0, 0.1) is 12.8 Å². The number of nitrogen functional groups attached to an aromatic ring is 1. The topological polar surface area (TPSA) is 75.4 Å². The molecule has 1 rings (SSSR count). The molecule has 0 aliphatic heterocycles. The number of hydrogen-bond donors (Lipinski definition) is 3. The van der Waals surface area contributed by atoms with Crippen molar-refractivity contribution in [2.24, 2.45) is 5.92 Å². The lowest BCUT2D eigenvalue weighted by atomic mass is 10.1. The van der Waals surface area contributed by atoms with Crippen LogP contribution >= 0.6 is 0 Å². The largest absolute Gasteiger partial charge is 0.398 e. The van der Waals surface area contributed by atoms with E-state index in [2.05, 4.69) is 5.32 Å². The molecule has 16 heavy (non-hydrogen) atoms. The van der Waals surface area contributed by atoms with Gasteiger partial charge in [0.05, 0.1) is 5.56 Å². The summed E-state index contributed by atoms with van der Waals surface area (Å²) in [6, 6.07) is 5.34. The van der Waals surface area contributed by atoms with Crippen molar-refractivity contribution in [1.29, 1.82) is 0 Å². The molecular weight excluding hydrogens is 204 g/mol. The van der Waals surface area contributed by atoms with E-state index in [0.29, 0.717) is 17.8 Å². The van der Waals surface area contributed by atoms with Crippen molar-refractivity contribution in [3.8, 4) is 0 Å². The molecular formula is C12H18N2O2. The van der Waals surface area contributed by atoms with E-state index in [-0.39, 0.29) is 18.4 Å². The van der Waals surface area contributed by atoms with Crippen molar-refractivity contribution in [1.82, 2.24) is 5.32 Å². The maximum absolute atomic E-state index is 11.8. The van der Waals surface area contributed by atoms with E-state index in [1.165, 1.54) is 0 Å². The number of benzene rings is 1. The van der Waals surface area contributed by atoms with Gasteiger partial charge in [-0.15, -0.1) is 0 Å². The second-order valence-electron chi connectivity index (χ2n) is 4.09. The van der Waals surface area contributed by atoms with Gasteiger partial charge in [-0.1, -0.05) is 18.6 Å². The zero-order chi connectivity index (χ0) is 12.1. The quantitative estimate of drug-likeness (QED) is 0.663. The normalized spacial score (nSPS) is 12.2. The molecule has 0 bridgehead atoms. The maximum atomic E-state index is 11.8. The van der Waals surface area contributed by atoms with E-state index in [0.717, 1.165) is 5.56 Å². The molecule has 4 nitrogen and oxygen atoms in total. The Balaban J connectivity index is 2.69. The van der Waals surface area contributed by atoms with Gasteiger partial charge in [-0.25, -0.2) is 0 Å². The number of aliphatic hydroxyl groups is 1. The van der Waals surface area contributed by atoms with Crippen LogP contribution in [0.5, 0.6) is 0 Å².